The van der Waals surface area contributed by atoms with E-state index in [0.29, 0.717) is 5.69 Å². The van der Waals surface area contributed by atoms with Gasteiger partial charge in [0.1, 0.15) is 6.04 Å². The molecule has 82 valence electrons. The monoisotopic (exact) mass is 208 g/mol. The molecule has 3 N–H and O–H groups in total. The maximum absolute atomic E-state index is 11.2. The van der Waals surface area contributed by atoms with Crippen LogP contribution >= 0.6 is 0 Å². The number of nitrogen functional groups attached to an aromatic ring is 1. The summed E-state index contributed by atoms with van der Waals surface area (Å²) in [4.78, 5) is 11.2. The summed E-state index contributed by atoms with van der Waals surface area (Å²) in [5.41, 5.74) is 8.22. The Morgan fingerprint density at radius 3 is 2.73 bits per heavy atom. The number of nitrogens with one attached hydrogen (secondary N) is 1. The Morgan fingerprint density at radius 2 is 2.20 bits per heavy atom. The van der Waals surface area contributed by atoms with E-state index in [-0.39, 0.29) is 5.97 Å². The molecule has 1 aromatic carbocycles. The molecule has 0 heterocycles. The highest BCUT2D eigenvalue weighted by Crippen LogP contribution is 2.23. The van der Waals surface area contributed by atoms with Crippen molar-refractivity contribution in [3.05, 3.63) is 23.8 Å². The van der Waals surface area contributed by atoms with Crippen LogP contribution in [0.2, 0.25) is 0 Å². The Bertz CT molecular complexity index is 343. The zero-order valence-corrected chi connectivity index (χ0v) is 9.20. The molecule has 1 rings (SSSR count). The van der Waals surface area contributed by atoms with Crippen LogP contribution in [0.25, 0.3) is 0 Å². The Kier molecular flexibility index (Phi) is 3.55. The third kappa shape index (κ3) is 2.62. The lowest BCUT2D eigenvalue weighted by molar-refractivity contribution is -0.141. The first-order valence-corrected chi connectivity index (χ1v) is 4.75. The second-order valence-corrected chi connectivity index (χ2v) is 3.43. The van der Waals surface area contributed by atoms with Gasteiger partial charge in [-0.3, -0.25) is 0 Å². The fourth-order valence-electron chi connectivity index (χ4n) is 1.34. The predicted octanol–water partition coefficient (Wildman–Crippen LogP) is 1.55. The number of para-hydroxylation sites is 1. The van der Waals surface area contributed by atoms with Crippen LogP contribution in [-0.2, 0) is 9.53 Å². The fourth-order valence-corrected chi connectivity index (χ4v) is 1.34. The minimum atomic E-state index is -0.404. The lowest BCUT2D eigenvalue weighted by atomic mass is 10.1. The summed E-state index contributed by atoms with van der Waals surface area (Å²) >= 11 is 0. The number of nitrogens with two attached hydrogens (primary N) is 1. The van der Waals surface area contributed by atoms with E-state index < -0.39 is 6.04 Å². The molecule has 0 fully saturated rings. The van der Waals surface area contributed by atoms with Gasteiger partial charge in [-0.15, -0.1) is 0 Å². The quantitative estimate of drug-likeness (QED) is 0.584. The number of rotatable bonds is 3. The molecule has 0 saturated heterocycles. The van der Waals surface area contributed by atoms with Gasteiger partial charge in [-0.25, -0.2) is 4.79 Å². The summed E-state index contributed by atoms with van der Waals surface area (Å²) in [5.74, 6) is -0.308. The van der Waals surface area contributed by atoms with Crippen LogP contribution in [0.4, 0.5) is 11.4 Å². The van der Waals surface area contributed by atoms with E-state index in [2.05, 4.69) is 10.1 Å². The van der Waals surface area contributed by atoms with Gasteiger partial charge in [0.25, 0.3) is 0 Å². The number of esters is 1. The smallest absolute Gasteiger partial charge is 0.327 e. The molecule has 0 radical (unpaired) electrons. The number of anilines is 2. The van der Waals surface area contributed by atoms with Crippen LogP contribution in [-0.4, -0.2) is 19.1 Å². The molecular weight excluding hydrogens is 192 g/mol. The lowest BCUT2D eigenvalue weighted by Crippen LogP contribution is -2.27. The molecule has 0 bridgehead atoms. The second-order valence-electron chi connectivity index (χ2n) is 3.43. The lowest BCUT2D eigenvalue weighted by Gasteiger charge is -2.16. The summed E-state index contributed by atoms with van der Waals surface area (Å²) in [6, 6.07) is 5.19. The second kappa shape index (κ2) is 4.68. The summed E-state index contributed by atoms with van der Waals surface area (Å²) < 4.78 is 4.62. The zero-order chi connectivity index (χ0) is 11.4. The van der Waals surface area contributed by atoms with Gasteiger partial charge in [0.2, 0.25) is 0 Å². The molecule has 1 unspecified atom stereocenters. The standard InChI is InChI=1S/C11H16N2O2/c1-7-5-4-6-9(12)10(7)13-8(2)11(14)15-3/h4-6,8,13H,12H2,1-3H3. The van der Waals surface area contributed by atoms with Crippen molar-refractivity contribution in [3.8, 4) is 0 Å². The molecule has 0 amide bonds. The van der Waals surface area contributed by atoms with E-state index in [1.54, 1.807) is 13.0 Å². The first-order valence-electron chi connectivity index (χ1n) is 4.75. The van der Waals surface area contributed by atoms with Crippen LogP contribution in [0.3, 0.4) is 0 Å². The summed E-state index contributed by atoms with van der Waals surface area (Å²) in [6.07, 6.45) is 0. The molecule has 0 aliphatic heterocycles. The summed E-state index contributed by atoms with van der Waals surface area (Å²) in [6.45, 7) is 3.67. The van der Waals surface area contributed by atoms with Crippen LogP contribution < -0.4 is 11.1 Å². The van der Waals surface area contributed by atoms with Crippen molar-refractivity contribution in [1.82, 2.24) is 0 Å². The number of ether oxygens (including phenoxy) is 1. The van der Waals surface area contributed by atoms with Gasteiger partial charge in [0.15, 0.2) is 0 Å². The highest BCUT2D eigenvalue weighted by Gasteiger charge is 2.14. The molecule has 1 atom stereocenters. The number of hydrogen-bond donors (Lipinski definition) is 2. The van der Waals surface area contributed by atoms with Gasteiger partial charge < -0.3 is 15.8 Å². The largest absolute Gasteiger partial charge is 0.467 e. The maximum atomic E-state index is 11.2. The van der Waals surface area contributed by atoms with Crippen molar-refractivity contribution >= 4 is 17.3 Å². The Hall–Kier alpha value is -1.71. The molecule has 0 aliphatic rings. The Morgan fingerprint density at radius 1 is 1.53 bits per heavy atom. The van der Waals surface area contributed by atoms with Crippen molar-refractivity contribution in [2.45, 2.75) is 19.9 Å². The zero-order valence-electron chi connectivity index (χ0n) is 9.20. The number of methoxy groups -OCH3 is 1. The molecule has 0 spiro atoms. The third-order valence-electron chi connectivity index (χ3n) is 2.22. The van der Waals surface area contributed by atoms with Crippen molar-refractivity contribution in [1.29, 1.82) is 0 Å². The fraction of sp³-hybridized carbons (Fsp3) is 0.364. The van der Waals surface area contributed by atoms with Crippen molar-refractivity contribution in [3.63, 3.8) is 0 Å². The number of carbonyl (C=O) groups excluding carboxylic acids is 1. The van der Waals surface area contributed by atoms with Crippen LogP contribution in [0.15, 0.2) is 18.2 Å². The Labute approximate surface area is 89.4 Å². The molecule has 4 heteroatoms. The van der Waals surface area contributed by atoms with Crippen LogP contribution in [0, 0.1) is 6.92 Å². The minimum absolute atomic E-state index is 0.308. The number of aryl methyl sites for hydroxylation is 1. The summed E-state index contributed by atoms with van der Waals surface area (Å²) in [7, 11) is 1.36. The van der Waals surface area contributed by atoms with E-state index in [1.165, 1.54) is 7.11 Å². The normalized spacial score (nSPS) is 11.9. The van der Waals surface area contributed by atoms with Crippen LogP contribution in [0.5, 0.6) is 0 Å². The molecule has 0 saturated carbocycles. The molecule has 4 nitrogen and oxygen atoms in total. The van der Waals surface area contributed by atoms with Crippen molar-refractivity contribution < 1.29 is 9.53 Å². The van der Waals surface area contributed by atoms with Gasteiger partial charge in [-0.2, -0.15) is 0 Å². The van der Waals surface area contributed by atoms with E-state index in [0.717, 1.165) is 11.3 Å². The third-order valence-corrected chi connectivity index (χ3v) is 2.22. The highest BCUT2D eigenvalue weighted by molar-refractivity contribution is 5.81. The molecule has 1 aromatic rings. The van der Waals surface area contributed by atoms with Crippen LogP contribution in [0.1, 0.15) is 12.5 Å². The average Bonchev–Trinajstić information content (AvgIpc) is 2.22. The van der Waals surface area contributed by atoms with Gasteiger partial charge in [-0.1, -0.05) is 12.1 Å². The number of carbonyl (C=O) groups is 1. The number of hydrogen-bond acceptors (Lipinski definition) is 4. The van der Waals surface area contributed by atoms with Gasteiger partial charge >= 0.3 is 5.97 Å². The molecule has 0 aliphatic carbocycles. The average molecular weight is 208 g/mol. The van der Waals surface area contributed by atoms with E-state index in [4.69, 9.17) is 5.73 Å². The van der Waals surface area contributed by atoms with Gasteiger partial charge in [0, 0.05) is 0 Å². The first-order chi connectivity index (χ1) is 7.06. The predicted molar refractivity (Wildman–Crippen MR) is 60.7 cm³/mol. The minimum Gasteiger partial charge on any atom is -0.467 e. The number of benzene rings is 1. The van der Waals surface area contributed by atoms with Crippen molar-refractivity contribution in [2.24, 2.45) is 0 Å². The topological polar surface area (TPSA) is 64.3 Å². The van der Waals surface area contributed by atoms with Crippen molar-refractivity contribution in [2.75, 3.05) is 18.2 Å². The Balaban J connectivity index is 2.85. The van der Waals surface area contributed by atoms with Gasteiger partial charge in [0.05, 0.1) is 18.5 Å². The SMILES string of the molecule is COC(=O)C(C)Nc1c(C)cccc1N. The van der Waals surface area contributed by atoms with Gasteiger partial charge in [-0.05, 0) is 25.5 Å². The maximum Gasteiger partial charge on any atom is 0.327 e. The first kappa shape index (κ1) is 11.4. The molecule has 15 heavy (non-hydrogen) atoms. The van der Waals surface area contributed by atoms with E-state index >= 15 is 0 Å². The van der Waals surface area contributed by atoms with E-state index in [9.17, 15) is 4.79 Å². The molecular formula is C11H16N2O2. The van der Waals surface area contributed by atoms with E-state index in [1.807, 2.05) is 19.1 Å². The summed E-state index contributed by atoms with van der Waals surface area (Å²) in [5, 5.41) is 3.03. The molecule has 0 aromatic heterocycles. The highest BCUT2D eigenvalue weighted by atomic mass is 16.5.